The quantitative estimate of drug-likeness (QED) is 0.207. The molecule has 1 aliphatic rings. The molecule has 1 aliphatic heterocycles. The third-order valence-electron chi connectivity index (χ3n) is 8.19. The Hall–Kier alpha value is -3.47. The van der Waals surface area contributed by atoms with Gasteiger partial charge in [-0.1, -0.05) is 85.8 Å². The molecule has 0 bridgehead atoms. The van der Waals surface area contributed by atoms with Gasteiger partial charge in [-0.05, 0) is 86.6 Å². The summed E-state index contributed by atoms with van der Waals surface area (Å²) < 4.78 is 5.90. The average Bonchev–Trinajstić information content (AvgIpc) is 3.00. The van der Waals surface area contributed by atoms with Gasteiger partial charge in [-0.2, -0.15) is 0 Å². The lowest BCUT2D eigenvalue weighted by molar-refractivity contribution is 0.00645. The van der Waals surface area contributed by atoms with Gasteiger partial charge in [0.25, 0.3) is 0 Å². The molecule has 2 heterocycles. The number of methoxy groups -OCH3 is 1. The van der Waals surface area contributed by atoms with Crippen LogP contribution in [-0.4, -0.2) is 41.7 Å². The fourth-order valence-electron chi connectivity index (χ4n) is 6.14. The summed E-state index contributed by atoms with van der Waals surface area (Å²) in [6, 6.07) is 28.7. The SMILES string of the molecule is C=Cc1ccc2nc(OC)c(C(c3ccccc3)C(O)(CCCCN3CCCCC3)c3ccccc3)cc2c1. The number of pyridine rings is 1. The van der Waals surface area contributed by atoms with Crippen molar-refractivity contribution in [1.82, 2.24) is 9.88 Å². The number of aromatic nitrogens is 1. The molecule has 1 N–H and O–H groups in total. The third-order valence-corrected chi connectivity index (χ3v) is 8.19. The van der Waals surface area contributed by atoms with Gasteiger partial charge in [-0.25, -0.2) is 4.98 Å². The minimum absolute atomic E-state index is 0.365. The molecule has 0 aliphatic carbocycles. The van der Waals surface area contributed by atoms with Crippen LogP contribution in [0.5, 0.6) is 5.88 Å². The summed E-state index contributed by atoms with van der Waals surface area (Å²) in [7, 11) is 1.66. The average molecular weight is 521 g/mol. The number of hydrogen-bond donors (Lipinski definition) is 1. The van der Waals surface area contributed by atoms with Crippen molar-refractivity contribution >= 4 is 17.0 Å². The topological polar surface area (TPSA) is 45.6 Å². The molecule has 5 rings (SSSR count). The van der Waals surface area contributed by atoms with Gasteiger partial charge in [-0.3, -0.25) is 0 Å². The number of unbranched alkanes of at least 4 members (excludes halogenated alkanes) is 1. The highest BCUT2D eigenvalue weighted by molar-refractivity contribution is 5.83. The molecule has 0 spiro atoms. The molecule has 2 atom stereocenters. The lowest BCUT2D eigenvalue weighted by Crippen LogP contribution is -2.35. The van der Waals surface area contributed by atoms with Crippen molar-refractivity contribution in [2.75, 3.05) is 26.7 Å². The minimum atomic E-state index is -1.15. The van der Waals surface area contributed by atoms with Crippen LogP contribution in [0.4, 0.5) is 0 Å². The van der Waals surface area contributed by atoms with E-state index in [0.717, 1.165) is 52.5 Å². The van der Waals surface area contributed by atoms with Gasteiger partial charge in [-0.15, -0.1) is 0 Å². The van der Waals surface area contributed by atoms with Gasteiger partial charge in [0.2, 0.25) is 5.88 Å². The molecule has 39 heavy (non-hydrogen) atoms. The highest BCUT2D eigenvalue weighted by Crippen LogP contribution is 2.48. The standard InChI is InChI=1S/C35H40N2O2/c1-3-27-19-20-32-29(25-27)26-31(34(36-32)39-2)33(28-15-7-4-8-16-28)35(38,30-17-9-5-10-18-30)21-11-14-24-37-22-12-6-13-23-37/h3-5,7-10,15-20,25-26,33,38H,1,6,11-14,21-24H2,2H3. The van der Waals surface area contributed by atoms with Crippen molar-refractivity contribution in [2.45, 2.75) is 50.0 Å². The Morgan fingerprint density at radius 2 is 1.67 bits per heavy atom. The number of fused-ring (bicyclic) bond motifs is 1. The normalized spacial score (nSPS) is 16.5. The first-order valence-corrected chi connectivity index (χ1v) is 14.3. The summed E-state index contributed by atoms with van der Waals surface area (Å²) in [5.74, 6) is 0.181. The second-order valence-electron chi connectivity index (χ2n) is 10.7. The number of nitrogens with zero attached hydrogens (tertiary/aromatic N) is 2. The van der Waals surface area contributed by atoms with Crippen molar-refractivity contribution in [3.05, 3.63) is 114 Å². The van der Waals surface area contributed by atoms with E-state index in [9.17, 15) is 5.11 Å². The first-order valence-electron chi connectivity index (χ1n) is 14.3. The molecule has 1 fully saturated rings. The van der Waals surface area contributed by atoms with E-state index in [0.29, 0.717) is 12.3 Å². The maximum atomic E-state index is 12.9. The number of aliphatic hydroxyl groups is 1. The van der Waals surface area contributed by atoms with Crippen LogP contribution in [0.1, 0.15) is 66.7 Å². The summed E-state index contributed by atoms with van der Waals surface area (Å²) >= 11 is 0. The zero-order valence-electron chi connectivity index (χ0n) is 23.1. The second kappa shape index (κ2) is 12.6. The molecule has 4 nitrogen and oxygen atoms in total. The van der Waals surface area contributed by atoms with Crippen LogP contribution in [-0.2, 0) is 5.60 Å². The smallest absolute Gasteiger partial charge is 0.217 e. The molecule has 1 saturated heterocycles. The van der Waals surface area contributed by atoms with E-state index in [2.05, 4.69) is 47.9 Å². The summed E-state index contributed by atoms with van der Waals surface area (Å²) in [5, 5.41) is 13.9. The van der Waals surface area contributed by atoms with Gasteiger partial charge in [0.1, 0.15) is 5.60 Å². The van der Waals surface area contributed by atoms with Gasteiger partial charge in [0, 0.05) is 16.9 Å². The predicted octanol–water partition coefficient (Wildman–Crippen LogP) is 7.56. The summed E-state index contributed by atoms with van der Waals surface area (Å²) in [4.78, 5) is 7.48. The van der Waals surface area contributed by atoms with Crippen LogP contribution in [0.3, 0.4) is 0 Å². The lowest BCUT2D eigenvalue weighted by Gasteiger charge is -2.38. The Kier molecular flexibility index (Phi) is 8.75. The number of ether oxygens (including phenoxy) is 1. The Balaban J connectivity index is 1.59. The van der Waals surface area contributed by atoms with Crippen LogP contribution in [0.25, 0.3) is 17.0 Å². The van der Waals surface area contributed by atoms with Crippen molar-refractivity contribution in [2.24, 2.45) is 0 Å². The highest BCUT2D eigenvalue weighted by atomic mass is 16.5. The highest BCUT2D eigenvalue weighted by Gasteiger charge is 2.42. The van der Waals surface area contributed by atoms with Crippen LogP contribution < -0.4 is 4.74 Å². The van der Waals surface area contributed by atoms with Gasteiger partial charge in [0.05, 0.1) is 12.6 Å². The second-order valence-corrected chi connectivity index (χ2v) is 10.7. The molecular formula is C35H40N2O2. The molecule has 4 aromatic rings. The molecule has 0 radical (unpaired) electrons. The number of benzene rings is 3. The Labute approximate surface area is 233 Å². The lowest BCUT2D eigenvalue weighted by atomic mass is 9.71. The van der Waals surface area contributed by atoms with Crippen molar-refractivity contribution in [3.63, 3.8) is 0 Å². The van der Waals surface area contributed by atoms with Crippen molar-refractivity contribution in [3.8, 4) is 5.88 Å². The summed E-state index contributed by atoms with van der Waals surface area (Å²) in [6.07, 6.45) is 8.41. The number of likely N-dealkylation sites (tertiary alicyclic amines) is 1. The number of rotatable bonds is 11. The molecule has 0 amide bonds. The fourth-order valence-corrected chi connectivity index (χ4v) is 6.14. The first-order chi connectivity index (χ1) is 19.1. The minimum Gasteiger partial charge on any atom is -0.481 e. The summed E-state index contributed by atoms with van der Waals surface area (Å²) in [6.45, 7) is 7.43. The zero-order valence-corrected chi connectivity index (χ0v) is 23.1. The number of piperidine rings is 1. The van der Waals surface area contributed by atoms with Gasteiger partial charge < -0.3 is 14.7 Å². The number of hydrogen-bond acceptors (Lipinski definition) is 4. The predicted molar refractivity (Wildman–Crippen MR) is 161 cm³/mol. The molecule has 3 aromatic carbocycles. The van der Waals surface area contributed by atoms with Crippen LogP contribution in [0.15, 0.2) is 91.5 Å². The van der Waals surface area contributed by atoms with Crippen LogP contribution in [0, 0.1) is 0 Å². The monoisotopic (exact) mass is 520 g/mol. The molecular weight excluding hydrogens is 480 g/mol. The van der Waals surface area contributed by atoms with Crippen molar-refractivity contribution in [1.29, 1.82) is 0 Å². The van der Waals surface area contributed by atoms with E-state index in [1.807, 2.05) is 54.6 Å². The summed E-state index contributed by atoms with van der Waals surface area (Å²) in [5.41, 5.74) is 3.59. The van der Waals surface area contributed by atoms with E-state index in [-0.39, 0.29) is 5.92 Å². The molecule has 202 valence electrons. The van der Waals surface area contributed by atoms with Crippen LogP contribution in [0.2, 0.25) is 0 Å². The Morgan fingerprint density at radius 1 is 0.949 bits per heavy atom. The largest absolute Gasteiger partial charge is 0.481 e. The van der Waals surface area contributed by atoms with E-state index < -0.39 is 5.60 Å². The van der Waals surface area contributed by atoms with E-state index in [1.54, 1.807) is 7.11 Å². The van der Waals surface area contributed by atoms with E-state index in [1.165, 1.54) is 32.4 Å². The maximum absolute atomic E-state index is 12.9. The van der Waals surface area contributed by atoms with Gasteiger partial charge >= 0.3 is 0 Å². The third kappa shape index (κ3) is 6.08. The van der Waals surface area contributed by atoms with E-state index >= 15 is 0 Å². The van der Waals surface area contributed by atoms with E-state index in [4.69, 9.17) is 9.72 Å². The van der Waals surface area contributed by atoms with Crippen molar-refractivity contribution < 1.29 is 9.84 Å². The fraction of sp³-hybridized carbons (Fsp3) is 0.343. The maximum Gasteiger partial charge on any atom is 0.217 e. The Morgan fingerprint density at radius 3 is 2.36 bits per heavy atom. The first kappa shape index (κ1) is 27.1. The van der Waals surface area contributed by atoms with Gasteiger partial charge in [0.15, 0.2) is 0 Å². The molecule has 4 heteroatoms. The zero-order chi connectivity index (χ0) is 27.1. The molecule has 0 saturated carbocycles. The molecule has 1 aromatic heterocycles. The Bertz CT molecular complexity index is 1370. The van der Waals surface area contributed by atoms with Crippen LogP contribution >= 0.6 is 0 Å². The molecule has 2 unspecified atom stereocenters.